The largest absolute Gasteiger partial charge is 0.479 e. The van der Waals surface area contributed by atoms with Gasteiger partial charge in [0.15, 0.2) is 12.7 Å². The van der Waals surface area contributed by atoms with Gasteiger partial charge in [0, 0.05) is 11.1 Å². The predicted molar refractivity (Wildman–Crippen MR) is 92.1 cm³/mol. The molecule has 1 N–H and O–H groups in total. The van der Waals surface area contributed by atoms with Crippen molar-refractivity contribution in [2.24, 2.45) is 5.92 Å². The summed E-state index contributed by atoms with van der Waals surface area (Å²) in [6.45, 7) is 3.44. The van der Waals surface area contributed by atoms with Crippen molar-refractivity contribution in [3.63, 3.8) is 0 Å². The summed E-state index contributed by atoms with van der Waals surface area (Å²) in [5.74, 6) is 0.146. The zero-order valence-electron chi connectivity index (χ0n) is 14.1. The van der Waals surface area contributed by atoms with Gasteiger partial charge < -0.3 is 14.8 Å². The van der Waals surface area contributed by atoms with E-state index in [1.807, 2.05) is 0 Å². The number of carbonyl (C=O) groups excluding carboxylic acids is 2. The molecule has 1 aromatic carbocycles. The van der Waals surface area contributed by atoms with Gasteiger partial charge in [-0.3, -0.25) is 4.79 Å². The van der Waals surface area contributed by atoms with Crippen molar-refractivity contribution in [1.82, 2.24) is 5.32 Å². The van der Waals surface area contributed by atoms with Crippen molar-refractivity contribution in [2.45, 2.75) is 51.7 Å². The monoisotopic (exact) mass is 353 g/mol. The average Bonchev–Trinajstić information content (AvgIpc) is 2.57. The molecule has 1 amide bonds. The van der Waals surface area contributed by atoms with Crippen molar-refractivity contribution in [3.8, 4) is 5.75 Å². The number of rotatable bonds is 6. The van der Waals surface area contributed by atoms with Crippen molar-refractivity contribution < 1.29 is 19.1 Å². The second-order valence-electron chi connectivity index (χ2n) is 6.26. The summed E-state index contributed by atoms with van der Waals surface area (Å²) in [7, 11) is 0. The molecule has 3 atom stereocenters. The van der Waals surface area contributed by atoms with Gasteiger partial charge in [0.1, 0.15) is 5.75 Å². The van der Waals surface area contributed by atoms with Crippen LogP contribution in [0.5, 0.6) is 5.75 Å². The summed E-state index contributed by atoms with van der Waals surface area (Å²) in [6.07, 6.45) is 3.64. The molecule has 0 spiro atoms. The average molecular weight is 354 g/mol. The first kappa shape index (κ1) is 18.6. The highest BCUT2D eigenvalue weighted by atomic mass is 35.5. The van der Waals surface area contributed by atoms with Gasteiger partial charge in [-0.1, -0.05) is 31.4 Å². The molecule has 0 heterocycles. The van der Waals surface area contributed by atoms with Crippen molar-refractivity contribution in [2.75, 3.05) is 6.61 Å². The zero-order valence-corrected chi connectivity index (χ0v) is 14.8. The number of esters is 1. The number of ether oxygens (including phenoxy) is 2. The van der Waals surface area contributed by atoms with Crippen molar-refractivity contribution >= 4 is 23.5 Å². The Morgan fingerprint density at radius 3 is 2.58 bits per heavy atom. The Kier molecular flexibility index (Phi) is 6.91. The van der Waals surface area contributed by atoms with Crippen LogP contribution in [0.4, 0.5) is 0 Å². The maximum Gasteiger partial charge on any atom is 0.347 e. The van der Waals surface area contributed by atoms with E-state index in [0.29, 0.717) is 16.7 Å². The molecule has 24 heavy (non-hydrogen) atoms. The molecule has 1 saturated carbocycles. The Bertz CT molecular complexity index is 561. The van der Waals surface area contributed by atoms with Gasteiger partial charge in [-0.15, -0.1) is 0 Å². The van der Waals surface area contributed by atoms with Gasteiger partial charge in [-0.2, -0.15) is 0 Å². The summed E-state index contributed by atoms with van der Waals surface area (Å²) >= 11 is 5.79. The van der Waals surface area contributed by atoms with E-state index < -0.39 is 12.1 Å². The Hall–Kier alpha value is -1.75. The molecule has 1 fully saturated rings. The van der Waals surface area contributed by atoms with Crippen LogP contribution in [0.1, 0.15) is 39.5 Å². The van der Waals surface area contributed by atoms with E-state index in [0.717, 1.165) is 19.3 Å². The SMILES string of the molecule is C[C@@H]1CCCC[C@H]1NC(=O)COC(=O)[C@@H](C)Oc1ccc(Cl)cc1. The Morgan fingerprint density at radius 1 is 1.25 bits per heavy atom. The van der Waals surface area contributed by atoms with Gasteiger partial charge in [-0.05, 0) is 49.9 Å². The van der Waals surface area contributed by atoms with Crippen molar-refractivity contribution in [3.05, 3.63) is 29.3 Å². The smallest absolute Gasteiger partial charge is 0.347 e. The van der Waals surface area contributed by atoms with E-state index in [4.69, 9.17) is 21.1 Å². The number of hydrogen-bond donors (Lipinski definition) is 1. The van der Waals surface area contributed by atoms with E-state index in [1.165, 1.54) is 6.42 Å². The molecule has 1 aromatic rings. The first-order chi connectivity index (χ1) is 11.5. The molecule has 2 rings (SSSR count). The molecule has 1 aliphatic carbocycles. The topological polar surface area (TPSA) is 64.6 Å². The fourth-order valence-electron chi connectivity index (χ4n) is 2.80. The molecule has 0 aromatic heterocycles. The highest BCUT2D eigenvalue weighted by Gasteiger charge is 2.24. The molecule has 0 unspecified atom stereocenters. The summed E-state index contributed by atoms with van der Waals surface area (Å²) < 4.78 is 10.5. The first-order valence-corrected chi connectivity index (χ1v) is 8.71. The molecule has 0 aliphatic heterocycles. The number of benzene rings is 1. The molecule has 5 nitrogen and oxygen atoms in total. The first-order valence-electron chi connectivity index (χ1n) is 8.34. The van der Waals surface area contributed by atoms with Crippen LogP contribution in [-0.2, 0) is 14.3 Å². The number of amides is 1. The molecular weight excluding hydrogens is 330 g/mol. The maximum absolute atomic E-state index is 11.9. The van der Waals surface area contributed by atoms with E-state index in [2.05, 4.69) is 12.2 Å². The van der Waals surface area contributed by atoms with Gasteiger partial charge in [0.25, 0.3) is 5.91 Å². The summed E-state index contributed by atoms with van der Waals surface area (Å²) in [6, 6.07) is 6.86. The number of nitrogens with one attached hydrogen (secondary N) is 1. The molecule has 132 valence electrons. The standard InChI is InChI=1S/C18H24ClNO4/c1-12-5-3-4-6-16(12)20-17(21)11-23-18(22)13(2)24-15-9-7-14(19)8-10-15/h7-10,12-13,16H,3-6,11H2,1-2H3,(H,20,21)/t12-,13-,16-/m1/s1. The number of halogens is 1. The van der Waals surface area contributed by atoms with E-state index in [1.54, 1.807) is 31.2 Å². The van der Waals surface area contributed by atoms with Crippen LogP contribution < -0.4 is 10.1 Å². The number of carbonyl (C=O) groups is 2. The summed E-state index contributed by atoms with van der Waals surface area (Å²) in [5, 5.41) is 3.54. The Labute approximate surface area is 147 Å². The normalized spacial score (nSPS) is 21.6. The molecule has 0 bridgehead atoms. The molecular formula is C18H24ClNO4. The zero-order chi connectivity index (χ0) is 17.5. The lowest BCUT2D eigenvalue weighted by Crippen LogP contribution is -2.43. The van der Waals surface area contributed by atoms with Crippen LogP contribution in [-0.4, -0.2) is 30.6 Å². The van der Waals surface area contributed by atoms with E-state index in [9.17, 15) is 9.59 Å². The van der Waals surface area contributed by atoms with Crippen LogP contribution >= 0.6 is 11.6 Å². The summed E-state index contributed by atoms with van der Waals surface area (Å²) in [4.78, 5) is 23.9. The molecule has 1 aliphatic rings. The van der Waals surface area contributed by atoms with E-state index in [-0.39, 0.29) is 18.6 Å². The molecule has 0 radical (unpaired) electrons. The highest BCUT2D eigenvalue weighted by Crippen LogP contribution is 2.23. The van der Waals surface area contributed by atoms with E-state index >= 15 is 0 Å². The minimum absolute atomic E-state index is 0.174. The van der Waals surface area contributed by atoms with Crippen LogP contribution in [0.25, 0.3) is 0 Å². The van der Waals surface area contributed by atoms with Gasteiger partial charge >= 0.3 is 5.97 Å². The fraction of sp³-hybridized carbons (Fsp3) is 0.556. The molecule has 0 saturated heterocycles. The van der Waals surface area contributed by atoms with Gasteiger partial charge in [0.2, 0.25) is 0 Å². The van der Waals surface area contributed by atoms with Crippen LogP contribution in [0, 0.1) is 5.92 Å². The van der Waals surface area contributed by atoms with Gasteiger partial charge in [-0.25, -0.2) is 4.79 Å². The third-order valence-corrected chi connectivity index (χ3v) is 4.51. The second kappa shape index (κ2) is 8.92. The minimum Gasteiger partial charge on any atom is -0.479 e. The second-order valence-corrected chi connectivity index (χ2v) is 6.69. The van der Waals surface area contributed by atoms with Crippen LogP contribution in [0.15, 0.2) is 24.3 Å². The van der Waals surface area contributed by atoms with Crippen LogP contribution in [0.2, 0.25) is 5.02 Å². The third kappa shape index (κ3) is 5.71. The van der Waals surface area contributed by atoms with Crippen molar-refractivity contribution in [1.29, 1.82) is 0 Å². The number of hydrogen-bond acceptors (Lipinski definition) is 4. The van der Waals surface area contributed by atoms with Gasteiger partial charge in [0.05, 0.1) is 0 Å². The lowest BCUT2D eigenvalue weighted by molar-refractivity contribution is -0.155. The molecule has 6 heteroatoms. The minimum atomic E-state index is -0.799. The lowest BCUT2D eigenvalue weighted by Gasteiger charge is -2.29. The Morgan fingerprint density at radius 2 is 1.92 bits per heavy atom. The Balaban J connectivity index is 1.73. The summed E-state index contributed by atoms with van der Waals surface area (Å²) in [5.41, 5.74) is 0. The fourth-order valence-corrected chi connectivity index (χ4v) is 2.92. The predicted octanol–water partition coefficient (Wildman–Crippen LogP) is 3.35. The maximum atomic E-state index is 11.9. The van der Waals surface area contributed by atoms with Crippen LogP contribution in [0.3, 0.4) is 0 Å². The quantitative estimate of drug-likeness (QED) is 0.796. The lowest BCUT2D eigenvalue weighted by atomic mass is 9.86. The highest BCUT2D eigenvalue weighted by molar-refractivity contribution is 6.30. The third-order valence-electron chi connectivity index (χ3n) is 4.26.